The van der Waals surface area contributed by atoms with Crippen molar-refractivity contribution in [3.63, 3.8) is 0 Å². The van der Waals surface area contributed by atoms with Gasteiger partial charge in [0.05, 0.1) is 12.0 Å². The molecule has 0 atom stereocenters. The smallest absolute Gasteiger partial charge is 0.225 e. The van der Waals surface area contributed by atoms with Crippen LogP contribution in [0.4, 0.5) is 4.39 Å². The quantitative estimate of drug-likeness (QED) is 0.528. The Bertz CT molecular complexity index is 942. The lowest BCUT2D eigenvalue weighted by Gasteiger charge is -1.99. The van der Waals surface area contributed by atoms with Crippen LogP contribution < -0.4 is 0 Å². The summed E-state index contributed by atoms with van der Waals surface area (Å²) in [6.45, 7) is 0. The maximum Gasteiger partial charge on any atom is 0.225 e. The van der Waals surface area contributed by atoms with Crippen molar-refractivity contribution >= 4 is 33.7 Å². The van der Waals surface area contributed by atoms with Crippen LogP contribution >= 0.6 is 11.6 Å². The van der Waals surface area contributed by atoms with Crippen LogP contribution in [0.3, 0.4) is 0 Å². The van der Waals surface area contributed by atoms with Crippen molar-refractivity contribution in [2.24, 2.45) is 0 Å². The third-order valence-corrected chi connectivity index (χ3v) is 3.27. The molecular formula is C13H7ClFN5. The predicted octanol–water partition coefficient (Wildman–Crippen LogP) is 3.29. The second-order valence-corrected chi connectivity index (χ2v) is 4.70. The number of halogens is 2. The molecule has 0 aliphatic heterocycles. The number of H-pyrrole nitrogens is 2. The van der Waals surface area contributed by atoms with E-state index in [0.29, 0.717) is 16.9 Å². The van der Waals surface area contributed by atoms with E-state index >= 15 is 0 Å². The fraction of sp³-hybridized carbons (Fsp3) is 0. The zero-order chi connectivity index (χ0) is 13.7. The number of nitrogens with zero attached hydrogens (tertiary/aromatic N) is 3. The highest BCUT2D eigenvalue weighted by Gasteiger charge is 2.13. The summed E-state index contributed by atoms with van der Waals surface area (Å²) in [4.78, 5) is 18.5. The van der Waals surface area contributed by atoms with Crippen LogP contribution in [-0.2, 0) is 0 Å². The molecule has 0 amide bonds. The highest BCUT2D eigenvalue weighted by atomic mass is 35.5. The molecule has 0 radical (unpaired) electrons. The Labute approximate surface area is 116 Å². The lowest BCUT2D eigenvalue weighted by Crippen LogP contribution is -1.90. The number of imidazole rings is 1. The minimum Gasteiger partial charge on any atom is -0.353 e. The monoisotopic (exact) mass is 287 g/mol. The van der Waals surface area contributed by atoms with Crippen molar-refractivity contribution in [2.75, 3.05) is 0 Å². The van der Waals surface area contributed by atoms with E-state index in [1.807, 2.05) is 6.07 Å². The summed E-state index contributed by atoms with van der Waals surface area (Å²) in [7, 11) is 0. The third kappa shape index (κ3) is 1.65. The fourth-order valence-electron chi connectivity index (χ4n) is 2.23. The molecule has 0 spiro atoms. The van der Waals surface area contributed by atoms with Gasteiger partial charge in [0.1, 0.15) is 17.0 Å². The summed E-state index contributed by atoms with van der Waals surface area (Å²) in [5.41, 5.74) is 3.33. The summed E-state index contributed by atoms with van der Waals surface area (Å²) in [5.74, 6) is -0.282. The van der Waals surface area contributed by atoms with Crippen molar-refractivity contribution in [1.29, 1.82) is 0 Å². The minimum atomic E-state index is -0.282. The number of hydrogen-bond acceptors (Lipinski definition) is 3. The highest BCUT2D eigenvalue weighted by molar-refractivity contribution is 6.28. The van der Waals surface area contributed by atoms with E-state index in [4.69, 9.17) is 11.6 Å². The third-order valence-electron chi connectivity index (χ3n) is 3.10. The molecule has 5 nitrogen and oxygen atoms in total. The van der Waals surface area contributed by atoms with Crippen molar-refractivity contribution in [3.05, 3.63) is 41.7 Å². The average Bonchev–Trinajstić information content (AvgIpc) is 3.02. The van der Waals surface area contributed by atoms with E-state index in [1.54, 1.807) is 6.07 Å². The largest absolute Gasteiger partial charge is 0.353 e. The minimum absolute atomic E-state index is 0.115. The normalized spacial score (nSPS) is 11.5. The number of aromatic amines is 2. The number of hydrogen-bond donors (Lipinski definition) is 2. The lowest BCUT2D eigenvalue weighted by atomic mass is 10.2. The van der Waals surface area contributed by atoms with Gasteiger partial charge in [0.25, 0.3) is 0 Å². The Morgan fingerprint density at radius 1 is 1.15 bits per heavy atom. The van der Waals surface area contributed by atoms with E-state index < -0.39 is 0 Å². The number of rotatable bonds is 1. The Morgan fingerprint density at radius 2 is 2.05 bits per heavy atom. The van der Waals surface area contributed by atoms with Gasteiger partial charge in [-0.1, -0.05) is 0 Å². The first kappa shape index (κ1) is 11.4. The predicted molar refractivity (Wildman–Crippen MR) is 73.9 cm³/mol. The van der Waals surface area contributed by atoms with E-state index in [2.05, 4.69) is 24.9 Å². The van der Waals surface area contributed by atoms with Gasteiger partial charge in [-0.15, -0.1) is 0 Å². The molecule has 4 rings (SSSR count). The van der Waals surface area contributed by atoms with Gasteiger partial charge < -0.3 is 9.97 Å². The van der Waals surface area contributed by atoms with Crippen LogP contribution in [0.25, 0.3) is 33.5 Å². The number of aromatic nitrogens is 5. The van der Waals surface area contributed by atoms with E-state index in [0.717, 1.165) is 16.6 Å². The molecule has 1 aromatic carbocycles. The molecule has 7 heteroatoms. The van der Waals surface area contributed by atoms with E-state index in [9.17, 15) is 4.39 Å². The molecule has 4 aromatic rings. The molecule has 0 aliphatic carbocycles. The highest BCUT2D eigenvalue weighted by Crippen LogP contribution is 2.28. The number of nitrogens with one attached hydrogen (secondary N) is 2. The van der Waals surface area contributed by atoms with Crippen LogP contribution in [0, 0.1) is 5.82 Å². The topological polar surface area (TPSA) is 70.2 Å². The van der Waals surface area contributed by atoms with E-state index in [1.165, 1.54) is 18.5 Å². The molecule has 0 aliphatic rings. The average molecular weight is 288 g/mol. The molecule has 0 unspecified atom stereocenters. The van der Waals surface area contributed by atoms with Gasteiger partial charge in [-0.3, -0.25) is 0 Å². The SMILES string of the molecule is Fc1ccc2[nH]c(-c3nc(Cl)nc4nc[nH]c34)cc2c1. The van der Waals surface area contributed by atoms with Crippen LogP contribution in [-0.4, -0.2) is 24.9 Å². The zero-order valence-corrected chi connectivity index (χ0v) is 10.7. The second kappa shape index (κ2) is 4.01. The molecule has 0 saturated carbocycles. The van der Waals surface area contributed by atoms with Gasteiger partial charge in [0.2, 0.25) is 5.28 Å². The molecule has 2 N–H and O–H groups in total. The maximum absolute atomic E-state index is 13.2. The summed E-state index contributed by atoms with van der Waals surface area (Å²) in [6.07, 6.45) is 1.53. The second-order valence-electron chi connectivity index (χ2n) is 4.36. The van der Waals surface area contributed by atoms with Crippen molar-refractivity contribution in [3.8, 4) is 11.4 Å². The summed E-state index contributed by atoms with van der Waals surface area (Å²) in [5, 5.41) is 0.881. The molecule has 0 fully saturated rings. The Kier molecular flexibility index (Phi) is 2.28. The van der Waals surface area contributed by atoms with Crippen LogP contribution in [0.1, 0.15) is 0 Å². The van der Waals surface area contributed by atoms with Crippen molar-refractivity contribution in [2.45, 2.75) is 0 Å². The number of fused-ring (bicyclic) bond motifs is 2. The van der Waals surface area contributed by atoms with Gasteiger partial charge >= 0.3 is 0 Å². The first-order valence-corrected chi connectivity index (χ1v) is 6.24. The van der Waals surface area contributed by atoms with Gasteiger partial charge in [0.15, 0.2) is 5.65 Å². The van der Waals surface area contributed by atoms with Crippen molar-refractivity contribution in [1.82, 2.24) is 24.9 Å². The summed E-state index contributed by atoms with van der Waals surface area (Å²) >= 11 is 5.90. The van der Waals surface area contributed by atoms with Crippen molar-refractivity contribution < 1.29 is 4.39 Å². The van der Waals surface area contributed by atoms with Gasteiger partial charge in [-0.25, -0.2) is 14.4 Å². The molecule has 3 aromatic heterocycles. The molecule has 20 heavy (non-hydrogen) atoms. The summed E-state index contributed by atoms with van der Waals surface area (Å²) < 4.78 is 13.2. The Morgan fingerprint density at radius 3 is 2.95 bits per heavy atom. The Balaban J connectivity index is 2.02. The van der Waals surface area contributed by atoms with E-state index in [-0.39, 0.29) is 11.1 Å². The van der Waals surface area contributed by atoms with Gasteiger partial charge in [0, 0.05) is 10.9 Å². The molecule has 98 valence electrons. The van der Waals surface area contributed by atoms with Crippen LogP contribution in [0.15, 0.2) is 30.6 Å². The molecule has 3 heterocycles. The van der Waals surface area contributed by atoms with Gasteiger partial charge in [-0.05, 0) is 35.9 Å². The fourth-order valence-corrected chi connectivity index (χ4v) is 2.40. The lowest BCUT2D eigenvalue weighted by molar-refractivity contribution is 0.630. The molecule has 0 saturated heterocycles. The molecule has 0 bridgehead atoms. The van der Waals surface area contributed by atoms with Gasteiger partial charge in [-0.2, -0.15) is 4.98 Å². The Hall–Kier alpha value is -2.47. The first-order valence-electron chi connectivity index (χ1n) is 5.86. The maximum atomic E-state index is 13.2. The molecular weight excluding hydrogens is 281 g/mol. The first-order chi connectivity index (χ1) is 9.70. The number of benzene rings is 1. The summed E-state index contributed by atoms with van der Waals surface area (Å²) in [6, 6.07) is 6.36. The zero-order valence-electron chi connectivity index (χ0n) is 9.98. The standard InChI is InChI=1S/C13H7ClFN5/c14-13-19-10(11-12(20-13)17-5-16-11)9-4-6-3-7(15)1-2-8(6)18-9/h1-5,18H,(H,16,17,19,20). The van der Waals surface area contributed by atoms with Crippen LogP contribution in [0.5, 0.6) is 0 Å². The van der Waals surface area contributed by atoms with Crippen LogP contribution in [0.2, 0.25) is 5.28 Å².